The number of nitrogens with zero attached hydrogens (tertiary/aromatic N) is 1. The third-order valence-corrected chi connectivity index (χ3v) is 3.43. The van der Waals surface area contributed by atoms with Crippen molar-refractivity contribution in [3.8, 4) is 0 Å². The highest BCUT2D eigenvalue weighted by Crippen LogP contribution is 2.19. The lowest BCUT2D eigenvalue weighted by Gasteiger charge is -2.14. The number of benzene rings is 1. The molecule has 2 aromatic rings. The molecule has 1 aromatic carbocycles. The van der Waals surface area contributed by atoms with Gasteiger partial charge in [0.05, 0.1) is 18.7 Å². The van der Waals surface area contributed by atoms with E-state index in [2.05, 4.69) is 34.6 Å². The van der Waals surface area contributed by atoms with Gasteiger partial charge < -0.3 is 10.1 Å². The van der Waals surface area contributed by atoms with Crippen molar-refractivity contribution >= 4 is 10.9 Å². The molecule has 0 spiro atoms. The molecule has 0 bridgehead atoms. The highest BCUT2D eigenvalue weighted by atomic mass is 16.5. The number of hydrogen-bond donors (Lipinski definition) is 1. The van der Waals surface area contributed by atoms with E-state index in [4.69, 9.17) is 4.74 Å². The molecule has 0 radical (unpaired) electrons. The van der Waals surface area contributed by atoms with E-state index < -0.39 is 0 Å². The van der Waals surface area contributed by atoms with Gasteiger partial charge in [-0.3, -0.25) is 4.98 Å². The Labute approximate surface area is 107 Å². The minimum atomic E-state index is 0.542. The fourth-order valence-electron chi connectivity index (χ4n) is 2.53. The van der Waals surface area contributed by atoms with Crippen LogP contribution in [0.15, 0.2) is 36.5 Å². The first-order chi connectivity index (χ1) is 8.93. The summed E-state index contributed by atoms with van der Waals surface area (Å²) in [4.78, 5) is 4.51. The van der Waals surface area contributed by atoms with E-state index in [0.717, 1.165) is 38.2 Å². The lowest BCUT2D eigenvalue weighted by molar-refractivity contribution is 0.123. The summed E-state index contributed by atoms with van der Waals surface area (Å²) >= 11 is 0. The van der Waals surface area contributed by atoms with Gasteiger partial charge in [-0.15, -0.1) is 0 Å². The Balaban J connectivity index is 1.85. The monoisotopic (exact) mass is 242 g/mol. The first-order valence-corrected chi connectivity index (χ1v) is 6.54. The second-order valence-corrected chi connectivity index (χ2v) is 4.84. The number of pyridine rings is 1. The Morgan fingerprint density at radius 1 is 1.28 bits per heavy atom. The first kappa shape index (κ1) is 11.6. The number of aromatic nitrogens is 1. The van der Waals surface area contributed by atoms with Gasteiger partial charge in [-0.25, -0.2) is 0 Å². The van der Waals surface area contributed by atoms with Crippen LogP contribution in [-0.4, -0.2) is 31.3 Å². The van der Waals surface area contributed by atoms with Gasteiger partial charge in [0.15, 0.2) is 0 Å². The number of para-hydroxylation sites is 1. The SMILES string of the molecule is c1cnc2c(C[C@H]3CNCCOC3)cccc2c1. The maximum atomic E-state index is 5.61. The van der Waals surface area contributed by atoms with Crippen molar-refractivity contribution in [2.24, 2.45) is 5.92 Å². The van der Waals surface area contributed by atoms with Gasteiger partial charge in [0.25, 0.3) is 0 Å². The molecule has 3 nitrogen and oxygen atoms in total. The summed E-state index contributed by atoms with van der Waals surface area (Å²) in [7, 11) is 0. The maximum absolute atomic E-state index is 5.61. The van der Waals surface area contributed by atoms with E-state index >= 15 is 0 Å². The van der Waals surface area contributed by atoms with Crippen LogP contribution in [0.3, 0.4) is 0 Å². The van der Waals surface area contributed by atoms with Crippen LogP contribution in [0.5, 0.6) is 0 Å². The van der Waals surface area contributed by atoms with Gasteiger partial charge in [0.2, 0.25) is 0 Å². The van der Waals surface area contributed by atoms with Gasteiger partial charge in [0, 0.05) is 24.7 Å². The summed E-state index contributed by atoms with van der Waals surface area (Å²) in [6.07, 6.45) is 2.90. The van der Waals surface area contributed by atoms with Crippen LogP contribution in [0.25, 0.3) is 10.9 Å². The third-order valence-electron chi connectivity index (χ3n) is 3.43. The molecule has 0 saturated carbocycles. The van der Waals surface area contributed by atoms with Crippen LogP contribution in [0.1, 0.15) is 5.56 Å². The summed E-state index contributed by atoms with van der Waals surface area (Å²) < 4.78 is 5.61. The lowest BCUT2D eigenvalue weighted by Crippen LogP contribution is -2.24. The van der Waals surface area contributed by atoms with Crippen LogP contribution in [0, 0.1) is 5.92 Å². The van der Waals surface area contributed by atoms with Crippen molar-refractivity contribution in [1.29, 1.82) is 0 Å². The largest absolute Gasteiger partial charge is 0.380 e. The Kier molecular flexibility index (Phi) is 3.53. The Bertz CT molecular complexity index is 513. The molecular formula is C15H18N2O. The van der Waals surface area contributed by atoms with E-state index in [1.165, 1.54) is 10.9 Å². The van der Waals surface area contributed by atoms with Gasteiger partial charge in [-0.05, 0) is 24.0 Å². The van der Waals surface area contributed by atoms with E-state index in [1.54, 1.807) is 0 Å². The van der Waals surface area contributed by atoms with Gasteiger partial charge in [-0.2, -0.15) is 0 Å². The summed E-state index contributed by atoms with van der Waals surface area (Å²) in [6.45, 7) is 3.66. The average molecular weight is 242 g/mol. The Morgan fingerprint density at radius 2 is 2.22 bits per heavy atom. The smallest absolute Gasteiger partial charge is 0.0734 e. The van der Waals surface area contributed by atoms with E-state index in [-0.39, 0.29) is 0 Å². The molecule has 1 aliphatic heterocycles. The second-order valence-electron chi connectivity index (χ2n) is 4.84. The van der Waals surface area contributed by atoms with Crippen LogP contribution >= 0.6 is 0 Å². The van der Waals surface area contributed by atoms with Gasteiger partial charge in [-0.1, -0.05) is 24.3 Å². The Morgan fingerprint density at radius 3 is 3.22 bits per heavy atom. The molecule has 1 saturated heterocycles. The zero-order valence-corrected chi connectivity index (χ0v) is 10.4. The molecule has 1 atom stereocenters. The number of fused-ring (bicyclic) bond motifs is 1. The zero-order valence-electron chi connectivity index (χ0n) is 10.4. The molecule has 3 rings (SSSR count). The van der Waals surface area contributed by atoms with Crippen LogP contribution in [-0.2, 0) is 11.2 Å². The average Bonchev–Trinajstić information content (AvgIpc) is 2.68. The van der Waals surface area contributed by atoms with Crippen molar-refractivity contribution in [3.05, 3.63) is 42.1 Å². The second kappa shape index (κ2) is 5.46. The maximum Gasteiger partial charge on any atom is 0.0734 e. The molecule has 18 heavy (non-hydrogen) atoms. The predicted octanol–water partition coefficient (Wildman–Crippen LogP) is 2.01. The molecule has 2 heterocycles. The van der Waals surface area contributed by atoms with E-state index in [1.807, 2.05) is 12.3 Å². The summed E-state index contributed by atoms with van der Waals surface area (Å²) in [5.41, 5.74) is 2.45. The minimum absolute atomic E-state index is 0.542. The van der Waals surface area contributed by atoms with Crippen molar-refractivity contribution in [3.63, 3.8) is 0 Å². The molecule has 94 valence electrons. The molecule has 0 amide bonds. The normalized spacial score (nSPS) is 20.8. The van der Waals surface area contributed by atoms with Crippen LogP contribution in [0.2, 0.25) is 0 Å². The summed E-state index contributed by atoms with van der Waals surface area (Å²) in [5.74, 6) is 0.542. The quantitative estimate of drug-likeness (QED) is 0.874. The van der Waals surface area contributed by atoms with Gasteiger partial charge >= 0.3 is 0 Å². The van der Waals surface area contributed by atoms with E-state index in [9.17, 15) is 0 Å². The zero-order chi connectivity index (χ0) is 12.2. The molecule has 3 heteroatoms. The fraction of sp³-hybridized carbons (Fsp3) is 0.400. The lowest BCUT2D eigenvalue weighted by atomic mass is 9.98. The molecule has 1 fully saturated rings. The number of ether oxygens (including phenoxy) is 1. The van der Waals surface area contributed by atoms with Crippen molar-refractivity contribution < 1.29 is 4.74 Å². The highest BCUT2D eigenvalue weighted by Gasteiger charge is 2.14. The van der Waals surface area contributed by atoms with Crippen LogP contribution < -0.4 is 5.32 Å². The molecular weight excluding hydrogens is 224 g/mol. The summed E-state index contributed by atoms with van der Waals surface area (Å²) in [6, 6.07) is 10.5. The minimum Gasteiger partial charge on any atom is -0.380 e. The molecule has 1 aromatic heterocycles. The topological polar surface area (TPSA) is 34.2 Å². The Hall–Kier alpha value is -1.45. The van der Waals surface area contributed by atoms with E-state index in [0.29, 0.717) is 5.92 Å². The fourth-order valence-corrected chi connectivity index (χ4v) is 2.53. The van der Waals surface area contributed by atoms with Crippen molar-refractivity contribution in [2.45, 2.75) is 6.42 Å². The first-order valence-electron chi connectivity index (χ1n) is 6.54. The predicted molar refractivity (Wildman–Crippen MR) is 72.6 cm³/mol. The third kappa shape index (κ3) is 2.52. The number of hydrogen-bond acceptors (Lipinski definition) is 3. The number of nitrogens with one attached hydrogen (secondary N) is 1. The van der Waals surface area contributed by atoms with Crippen molar-refractivity contribution in [1.82, 2.24) is 10.3 Å². The van der Waals surface area contributed by atoms with Crippen LogP contribution in [0.4, 0.5) is 0 Å². The van der Waals surface area contributed by atoms with Gasteiger partial charge in [0.1, 0.15) is 0 Å². The standard InChI is InChI=1S/C15H18N2O/c1-3-13-5-2-6-17-15(13)14(4-1)9-12-10-16-7-8-18-11-12/h1-6,12,16H,7-11H2/t12-/m0/s1. The molecule has 0 aliphatic carbocycles. The molecule has 1 N–H and O–H groups in total. The number of rotatable bonds is 2. The summed E-state index contributed by atoms with van der Waals surface area (Å²) in [5, 5.41) is 4.64. The van der Waals surface area contributed by atoms with Crippen molar-refractivity contribution in [2.75, 3.05) is 26.3 Å². The molecule has 0 unspecified atom stereocenters. The molecule has 1 aliphatic rings. The highest BCUT2D eigenvalue weighted by molar-refractivity contribution is 5.81.